The minimum absolute atomic E-state index is 0.248. The minimum atomic E-state index is -3.70. The first-order chi connectivity index (χ1) is 14.3. The van der Waals surface area contributed by atoms with Crippen molar-refractivity contribution in [1.82, 2.24) is 8.87 Å². The lowest BCUT2D eigenvalue weighted by molar-refractivity contribution is -0.121. The third kappa shape index (κ3) is 3.65. The number of thiophene rings is 1. The van der Waals surface area contributed by atoms with Gasteiger partial charge in [-0.05, 0) is 61.4 Å². The van der Waals surface area contributed by atoms with Gasteiger partial charge in [0.15, 0.2) is 4.80 Å². The number of hydrogen-bond donors (Lipinski definition) is 0. The summed E-state index contributed by atoms with van der Waals surface area (Å²) >= 11 is 2.55. The van der Waals surface area contributed by atoms with Crippen molar-refractivity contribution in [2.75, 3.05) is 6.54 Å². The molecule has 0 saturated carbocycles. The molecule has 3 heterocycles. The molecule has 2 aromatic heterocycles. The average Bonchev–Trinajstić information content (AvgIpc) is 3.44. The van der Waals surface area contributed by atoms with E-state index in [0.29, 0.717) is 24.2 Å². The SMILES string of the molecule is C#CCn1c(=NC(=O)C2CCCN2S(=O)(=O)c2cccs2)sc2cc(C)c(C)cc21. The van der Waals surface area contributed by atoms with Gasteiger partial charge in [0, 0.05) is 6.54 Å². The highest BCUT2D eigenvalue weighted by Gasteiger charge is 2.39. The van der Waals surface area contributed by atoms with Gasteiger partial charge < -0.3 is 4.57 Å². The highest BCUT2D eigenvalue weighted by Crippen LogP contribution is 2.29. The van der Waals surface area contributed by atoms with E-state index < -0.39 is 22.0 Å². The number of nitrogens with zero attached hydrogens (tertiary/aromatic N) is 3. The van der Waals surface area contributed by atoms with Crippen LogP contribution in [0.4, 0.5) is 0 Å². The molecule has 4 rings (SSSR count). The molecule has 156 valence electrons. The van der Waals surface area contributed by atoms with Gasteiger partial charge in [-0.2, -0.15) is 9.30 Å². The van der Waals surface area contributed by atoms with Gasteiger partial charge in [-0.3, -0.25) is 4.79 Å². The van der Waals surface area contributed by atoms with Gasteiger partial charge in [-0.1, -0.05) is 23.3 Å². The first-order valence-corrected chi connectivity index (χ1v) is 12.6. The molecule has 6 nitrogen and oxygen atoms in total. The summed E-state index contributed by atoms with van der Waals surface area (Å²) in [6, 6.07) is 6.58. The Balaban J connectivity index is 1.76. The number of benzene rings is 1. The maximum Gasteiger partial charge on any atom is 0.266 e. The van der Waals surface area contributed by atoms with E-state index in [9.17, 15) is 13.2 Å². The van der Waals surface area contributed by atoms with E-state index in [2.05, 4.69) is 17.0 Å². The number of hydrogen-bond acceptors (Lipinski definition) is 5. The van der Waals surface area contributed by atoms with E-state index in [0.717, 1.165) is 32.7 Å². The van der Waals surface area contributed by atoms with Crippen LogP contribution in [0.25, 0.3) is 10.2 Å². The van der Waals surface area contributed by atoms with Crippen LogP contribution in [0.3, 0.4) is 0 Å². The molecule has 1 saturated heterocycles. The summed E-state index contributed by atoms with van der Waals surface area (Å²) in [7, 11) is -3.70. The second-order valence-corrected chi connectivity index (χ2v) is 11.3. The van der Waals surface area contributed by atoms with Crippen molar-refractivity contribution >= 4 is 48.8 Å². The maximum absolute atomic E-state index is 13.1. The number of aryl methyl sites for hydroxylation is 2. The molecule has 0 spiro atoms. The molecule has 1 atom stereocenters. The van der Waals surface area contributed by atoms with E-state index in [1.165, 1.54) is 15.6 Å². The first-order valence-electron chi connectivity index (χ1n) is 9.51. The minimum Gasteiger partial charge on any atom is -0.305 e. The predicted molar refractivity (Wildman–Crippen MR) is 120 cm³/mol. The molecule has 30 heavy (non-hydrogen) atoms. The zero-order valence-electron chi connectivity index (χ0n) is 16.7. The lowest BCUT2D eigenvalue weighted by Gasteiger charge is -2.20. The molecule has 0 N–H and O–H groups in total. The van der Waals surface area contributed by atoms with Gasteiger partial charge in [-0.15, -0.1) is 17.8 Å². The summed E-state index contributed by atoms with van der Waals surface area (Å²) < 4.78 is 30.3. The van der Waals surface area contributed by atoms with E-state index >= 15 is 0 Å². The van der Waals surface area contributed by atoms with Crippen molar-refractivity contribution in [1.29, 1.82) is 0 Å². The number of thiazole rings is 1. The average molecular weight is 460 g/mol. The van der Waals surface area contributed by atoms with E-state index in [1.807, 2.05) is 24.5 Å². The summed E-state index contributed by atoms with van der Waals surface area (Å²) in [4.78, 5) is 17.9. The monoisotopic (exact) mass is 459 g/mol. The molecule has 9 heteroatoms. The van der Waals surface area contributed by atoms with Crippen molar-refractivity contribution in [2.45, 2.75) is 43.5 Å². The highest BCUT2D eigenvalue weighted by atomic mass is 32.2. The molecule has 1 aromatic carbocycles. The Bertz CT molecular complexity index is 1330. The van der Waals surface area contributed by atoms with Gasteiger partial charge in [0.05, 0.1) is 16.8 Å². The van der Waals surface area contributed by atoms with Gasteiger partial charge in [0.2, 0.25) is 0 Å². The topological polar surface area (TPSA) is 71.7 Å². The lowest BCUT2D eigenvalue weighted by Crippen LogP contribution is -2.40. The molecule has 1 amide bonds. The van der Waals surface area contributed by atoms with Crippen LogP contribution in [0.5, 0.6) is 0 Å². The van der Waals surface area contributed by atoms with Crippen LogP contribution in [-0.2, 0) is 21.4 Å². The fourth-order valence-corrected chi connectivity index (χ4v) is 7.51. The van der Waals surface area contributed by atoms with Crippen molar-refractivity contribution in [3.8, 4) is 12.3 Å². The number of fused-ring (bicyclic) bond motifs is 1. The van der Waals surface area contributed by atoms with Crippen molar-refractivity contribution in [3.63, 3.8) is 0 Å². The lowest BCUT2D eigenvalue weighted by atomic mass is 10.1. The summed E-state index contributed by atoms with van der Waals surface area (Å²) in [5.74, 6) is 2.18. The molecule has 1 aliphatic heterocycles. The number of carbonyl (C=O) groups is 1. The van der Waals surface area contributed by atoms with Crippen LogP contribution in [0.2, 0.25) is 0 Å². The Hall–Kier alpha value is -2.25. The van der Waals surface area contributed by atoms with Gasteiger partial charge >= 0.3 is 0 Å². The third-order valence-corrected chi connectivity index (χ3v) is 9.62. The number of terminal acetylenes is 1. The molecular weight excluding hydrogens is 438 g/mol. The van der Waals surface area contributed by atoms with E-state index in [-0.39, 0.29) is 10.8 Å². The second-order valence-electron chi connectivity index (χ2n) is 7.24. The van der Waals surface area contributed by atoms with Gasteiger partial charge in [-0.25, -0.2) is 8.42 Å². The van der Waals surface area contributed by atoms with Crippen LogP contribution < -0.4 is 4.80 Å². The summed E-state index contributed by atoms with van der Waals surface area (Å²) in [5.41, 5.74) is 3.22. The summed E-state index contributed by atoms with van der Waals surface area (Å²) in [6.07, 6.45) is 6.65. The largest absolute Gasteiger partial charge is 0.305 e. The predicted octanol–water partition coefficient (Wildman–Crippen LogP) is 3.29. The zero-order valence-corrected chi connectivity index (χ0v) is 19.1. The molecule has 0 bridgehead atoms. The Labute approximate surface area is 183 Å². The number of rotatable bonds is 4. The van der Waals surface area contributed by atoms with Crippen LogP contribution in [0, 0.1) is 26.2 Å². The van der Waals surface area contributed by atoms with Crippen molar-refractivity contribution in [3.05, 3.63) is 45.6 Å². The number of sulfonamides is 1. The smallest absolute Gasteiger partial charge is 0.266 e. The Kier molecular flexibility index (Phi) is 5.68. The maximum atomic E-state index is 13.1. The third-order valence-electron chi connectivity index (χ3n) is 5.30. The van der Waals surface area contributed by atoms with Crippen LogP contribution >= 0.6 is 22.7 Å². The van der Waals surface area contributed by atoms with Crippen LogP contribution in [-0.4, -0.2) is 35.8 Å². The highest BCUT2D eigenvalue weighted by molar-refractivity contribution is 7.91. The molecule has 1 unspecified atom stereocenters. The van der Waals surface area contributed by atoms with Crippen molar-refractivity contribution in [2.24, 2.45) is 4.99 Å². The summed E-state index contributed by atoms with van der Waals surface area (Å²) in [6.45, 7) is 4.67. The standard InChI is InChI=1S/C21H21N3O3S3/c1-4-9-23-17-12-14(2)15(3)13-18(17)29-21(23)22-20(25)16-7-5-10-24(16)30(26,27)19-8-6-11-28-19/h1,6,8,11-13,16H,5,7,9-10H2,2-3H3. The van der Waals surface area contributed by atoms with Crippen LogP contribution in [0.1, 0.15) is 24.0 Å². The van der Waals surface area contributed by atoms with Gasteiger partial charge in [0.1, 0.15) is 10.3 Å². The Morgan fingerprint density at radius 1 is 1.33 bits per heavy atom. The number of amides is 1. The van der Waals surface area contributed by atoms with Crippen LogP contribution in [0.15, 0.2) is 38.8 Å². The fourth-order valence-electron chi connectivity index (χ4n) is 3.62. The normalized spacial score (nSPS) is 18.2. The molecule has 0 radical (unpaired) electrons. The fraction of sp³-hybridized carbons (Fsp3) is 0.333. The van der Waals surface area contributed by atoms with E-state index in [1.54, 1.807) is 17.5 Å². The number of aromatic nitrogens is 1. The molecule has 3 aromatic rings. The molecule has 1 fully saturated rings. The van der Waals surface area contributed by atoms with Crippen molar-refractivity contribution < 1.29 is 13.2 Å². The zero-order chi connectivity index (χ0) is 21.5. The Morgan fingerprint density at radius 3 is 2.80 bits per heavy atom. The molecule has 0 aliphatic carbocycles. The molecule has 1 aliphatic rings. The first kappa shape index (κ1) is 21.0. The quantitative estimate of drug-likeness (QED) is 0.562. The summed E-state index contributed by atoms with van der Waals surface area (Å²) in [5, 5.41) is 1.72. The second kappa shape index (κ2) is 8.12. The Morgan fingerprint density at radius 2 is 2.10 bits per heavy atom. The number of carbonyl (C=O) groups excluding carboxylic acids is 1. The molecular formula is C21H21N3O3S3. The van der Waals surface area contributed by atoms with E-state index in [4.69, 9.17) is 6.42 Å². The van der Waals surface area contributed by atoms with Gasteiger partial charge in [0.25, 0.3) is 15.9 Å².